The van der Waals surface area contributed by atoms with Gasteiger partial charge in [0.15, 0.2) is 5.96 Å². The molecule has 0 saturated carbocycles. The number of carboxylic acids is 1. The average Bonchev–Trinajstić information content (AvgIpc) is 3.85. The zero-order valence-corrected chi connectivity index (χ0v) is 40.0. The molecule has 0 aliphatic carbocycles. The van der Waals surface area contributed by atoms with E-state index in [9.17, 15) is 48.3 Å². The van der Waals surface area contributed by atoms with Crippen molar-refractivity contribution in [3.8, 4) is 0 Å². The van der Waals surface area contributed by atoms with E-state index in [2.05, 4.69) is 57.5 Å². The molecule has 8 amide bonds. The van der Waals surface area contributed by atoms with E-state index in [4.69, 9.17) is 11.5 Å². The monoisotopic (exact) mass is 986 g/mol. The number of aromatic nitrogens is 2. The number of carboxylic acid groups (broad SMARTS) is 1. The van der Waals surface area contributed by atoms with Crippen LogP contribution in [0.2, 0.25) is 0 Å². The van der Waals surface area contributed by atoms with Crippen LogP contribution in [0.15, 0.2) is 78.2 Å². The Balaban J connectivity index is 1.78. The van der Waals surface area contributed by atoms with Crippen molar-refractivity contribution in [2.24, 2.45) is 16.5 Å². The van der Waals surface area contributed by atoms with Crippen LogP contribution >= 0.6 is 0 Å². The summed E-state index contributed by atoms with van der Waals surface area (Å²) < 4.78 is 0. The molecular weight excluding hydrogens is 919 g/mol. The lowest BCUT2D eigenvalue weighted by atomic mass is 10.0. The van der Waals surface area contributed by atoms with Crippen LogP contribution < -0.4 is 54.0 Å². The Kier molecular flexibility index (Phi) is 23.0. The molecule has 1 aromatic heterocycles. The second kappa shape index (κ2) is 29.2. The standard InChI is InChI=1S/C48H67N13O10/c1-3-4-18-33(55-29(2)62)41(64)61-39-26-40(63)52-21-12-11-19-35(47(70)71)57-43(66)36(23-30-14-7-5-8-15-30)59-44(67)37(24-31-16-9-6-10-17-31)58-42(65)34(20-13-22-53-48(49)50)56-45(68)38(60-46(39)69)25-32-27-51-28-54-32/h5-10,14-17,27-28,33-39H,3-4,11-13,18-26H2,1-2H3,(H,51,54)(H,52,63)(H,55,62)(H,56,68)(H,57,66)(H,58,65)(H,59,67)(H,60,69)(H,61,64)(H,70,71)(H4,49,50,53)/t33-,34-,35-,36+,37-,38-,39-/m0/s1. The van der Waals surface area contributed by atoms with Crippen molar-refractivity contribution < 1.29 is 48.3 Å². The molecule has 7 atom stereocenters. The number of guanidine groups is 1. The Hall–Kier alpha value is -7.85. The summed E-state index contributed by atoms with van der Waals surface area (Å²) in [4.78, 5) is 134. The fourth-order valence-electron chi connectivity index (χ4n) is 7.70. The van der Waals surface area contributed by atoms with Gasteiger partial charge in [0, 0.05) is 51.2 Å². The lowest BCUT2D eigenvalue weighted by Gasteiger charge is -2.28. The zero-order chi connectivity index (χ0) is 51.7. The lowest BCUT2D eigenvalue weighted by Crippen LogP contribution is -2.61. The van der Waals surface area contributed by atoms with Crippen LogP contribution in [-0.2, 0) is 62.4 Å². The van der Waals surface area contributed by atoms with E-state index in [1.807, 2.05) is 6.92 Å². The fourth-order valence-corrected chi connectivity index (χ4v) is 7.70. The number of rotatable bonds is 17. The van der Waals surface area contributed by atoms with E-state index in [0.29, 0.717) is 29.7 Å². The highest BCUT2D eigenvalue weighted by Gasteiger charge is 2.35. The number of aliphatic imine (C=N–C) groups is 1. The molecular formula is C48H67N13O10. The number of hydrogen-bond donors (Lipinski definition) is 12. The SMILES string of the molecule is CCCC[C@H](NC(C)=O)C(=O)N[C@H]1CC(=O)NCCCC[C@@H](C(=O)O)NC(=O)[C@@H](Cc2ccccc2)NC(=O)[C@H](Cc2ccccc2)NC(=O)[C@H](CCCN=C(N)N)NC(=O)[C@H](Cc2cnc[nH]2)NC1=O. The number of H-pyrrole nitrogens is 1. The maximum absolute atomic E-state index is 14.5. The minimum Gasteiger partial charge on any atom is -0.480 e. The van der Waals surface area contributed by atoms with E-state index in [0.717, 1.165) is 0 Å². The Labute approximate surface area is 411 Å². The van der Waals surface area contributed by atoms with Gasteiger partial charge in [0.2, 0.25) is 47.3 Å². The molecule has 2 heterocycles. The Morgan fingerprint density at radius 1 is 0.761 bits per heavy atom. The van der Waals surface area contributed by atoms with Crippen molar-refractivity contribution in [1.29, 1.82) is 0 Å². The molecule has 0 radical (unpaired) electrons. The molecule has 4 rings (SSSR count). The van der Waals surface area contributed by atoms with Gasteiger partial charge in [0.1, 0.15) is 42.3 Å². The minimum absolute atomic E-state index is 0.0123. The number of carbonyl (C=O) groups excluding carboxylic acids is 8. The first-order valence-corrected chi connectivity index (χ1v) is 23.7. The molecule has 3 aromatic rings. The molecule has 14 N–H and O–H groups in total. The zero-order valence-electron chi connectivity index (χ0n) is 40.0. The summed E-state index contributed by atoms with van der Waals surface area (Å²) in [6, 6.07) is 7.83. The molecule has 1 aliphatic heterocycles. The van der Waals surface area contributed by atoms with Gasteiger partial charge in [-0.05, 0) is 49.7 Å². The van der Waals surface area contributed by atoms with Gasteiger partial charge in [0.25, 0.3) is 0 Å². The van der Waals surface area contributed by atoms with E-state index in [-0.39, 0.29) is 76.8 Å². The predicted molar refractivity (Wildman–Crippen MR) is 260 cm³/mol. The number of nitrogens with two attached hydrogens (primary N) is 2. The molecule has 0 unspecified atom stereocenters. The second-order valence-corrected chi connectivity index (χ2v) is 17.3. The summed E-state index contributed by atoms with van der Waals surface area (Å²) in [5, 5.41) is 31.4. The van der Waals surface area contributed by atoms with E-state index in [1.165, 1.54) is 19.4 Å². The van der Waals surface area contributed by atoms with Crippen molar-refractivity contribution in [1.82, 2.24) is 52.5 Å². The molecule has 2 aromatic carbocycles. The molecule has 23 nitrogen and oxygen atoms in total. The summed E-state index contributed by atoms with van der Waals surface area (Å²) in [5.41, 5.74) is 12.8. The van der Waals surface area contributed by atoms with Gasteiger partial charge in [-0.3, -0.25) is 43.3 Å². The number of hydrogen-bond acceptors (Lipinski definition) is 11. The second-order valence-electron chi connectivity index (χ2n) is 17.3. The van der Waals surface area contributed by atoms with E-state index < -0.39 is 102 Å². The summed E-state index contributed by atoms with van der Waals surface area (Å²) in [7, 11) is 0. The molecule has 1 aliphatic rings. The molecule has 71 heavy (non-hydrogen) atoms. The maximum atomic E-state index is 14.5. The number of amides is 8. The molecule has 1 saturated heterocycles. The highest BCUT2D eigenvalue weighted by molar-refractivity contribution is 5.98. The first-order chi connectivity index (χ1) is 34.0. The third kappa shape index (κ3) is 20.0. The van der Waals surface area contributed by atoms with Crippen molar-refractivity contribution in [2.75, 3.05) is 13.1 Å². The number of nitrogens with zero attached hydrogens (tertiary/aromatic N) is 2. The molecule has 384 valence electrons. The van der Waals surface area contributed by atoms with Crippen molar-refractivity contribution in [2.45, 2.75) is 133 Å². The number of nitrogens with one attached hydrogen (secondary N) is 9. The Morgan fingerprint density at radius 3 is 1.87 bits per heavy atom. The van der Waals surface area contributed by atoms with Crippen molar-refractivity contribution >= 4 is 59.2 Å². The van der Waals surface area contributed by atoms with Crippen LogP contribution in [0.5, 0.6) is 0 Å². The van der Waals surface area contributed by atoms with Gasteiger partial charge < -0.3 is 64.1 Å². The van der Waals surface area contributed by atoms with Crippen LogP contribution in [-0.4, -0.2) is 130 Å². The van der Waals surface area contributed by atoms with Gasteiger partial charge >= 0.3 is 5.97 Å². The van der Waals surface area contributed by atoms with Crippen molar-refractivity contribution in [3.05, 3.63) is 90.0 Å². The van der Waals surface area contributed by atoms with Gasteiger partial charge in [0.05, 0.1) is 12.7 Å². The summed E-state index contributed by atoms with van der Waals surface area (Å²) in [5.74, 6) is -7.77. The Bertz CT molecular complexity index is 2280. The third-order valence-electron chi connectivity index (χ3n) is 11.4. The van der Waals surface area contributed by atoms with E-state index >= 15 is 0 Å². The summed E-state index contributed by atoms with van der Waals surface area (Å²) in [6.07, 6.45) is 3.68. The number of aliphatic carboxylic acids is 1. The summed E-state index contributed by atoms with van der Waals surface area (Å²) in [6.45, 7) is 3.18. The van der Waals surface area contributed by atoms with Gasteiger partial charge in [-0.1, -0.05) is 80.4 Å². The quantitative estimate of drug-likeness (QED) is 0.0434. The summed E-state index contributed by atoms with van der Waals surface area (Å²) >= 11 is 0. The molecule has 0 bridgehead atoms. The average molecular weight is 986 g/mol. The fraction of sp³-hybridized carbons (Fsp3) is 0.479. The molecule has 1 fully saturated rings. The van der Waals surface area contributed by atoms with Crippen LogP contribution in [0, 0.1) is 0 Å². The first-order valence-electron chi connectivity index (χ1n) is 23.7. The molecule has 0 spiro atoms. The van der Waals surface area contributed by atoms with E-state index in [1.54, 1.807) is 60.7 Å². The van der Waals surface area contributed by atoms with Gasteiger partial charge in [-0.15, -0.1) is 0 Å². The lowest BCUT2D eigenvalue weighted by molar-refractivity contribution is -0.142. The van der Waals surface area contributed by atoms with Gasteiger partial charge in [-0.2, -0.15) is 0 Å². The minimum atomic E-state index is -1.59. The highest BCUT2D eigenvalue weighted by Crippen LogP contribution is 2.12. The Morgan fingerprint density at radius 2 is 1.32 bits per heavy atom. The van der Waals surface area contributed by atoms with Crippen LogP contribution in [0.25, 0.3) is 0 Å². The predicted octanol–water partition coefficient (Wildman–Crippen LogP) is -1.13. The van der Waals surface area contributed by atoms with Crippen LogP contribution in [0.1, 0.15) is 88.5 Å². The maximum Gasteiger partial charge on any atom is 0.326 e. The molecule has 23 heteroatoms. The largest absolute Gasteiger partial charge is 0.480 e. The number of imidazole rings is 1. The smallest absolute Gasteiger partial charge is 0.326 e. The highest BCUT2D eigenvalue weighted by atomic mass is 16.4. The topological polar surface area (TPSA) is 363 Å². The third-order valence-corrected chi connectivity index (χ3v) is 11.4. The van der Waals surface area contributed by atoms with Gasteiger partial charge in [-0.25, -0.2) is 9.78 Å². The number of carbonyl (C=O) groups is 9. The number of unbranched alkanes of at least 4 members (excludes halogenated alkanes) is 1. The first kappa shape index (κ1) is 55.7. The number of benzene rings is 2. The normalized spacial score (nSPS) is 21.6. The number of aromatic amines is 1. The van der Waals surface area contributed by atoms with Crippen LogP contribution in [0.3, 0.4) is 0 Å². The van der Waals surface area contributed by atoms with Crippen molar-refractivity contribution in [3.63, 3.8) is 0 Å². The van der Waals surface area contributed by atoms with Crippen LogP contribution in [0.4, 0.5) is 0 Å².